The molecule has 2 radical (unpaired) electrons. The largest absolute Gasteiger partial charge is 0.353 e. The highest BCUT2D eigenvalue weighted by Crippen LogP contribution is 2.47. The third-order valence-corrected chi connectivity index (χ3v) is 4.95. The lowest BCUT2D eigenvalue weighted by molar-refractivity contribution is -0.119. The number of carbonyl (C=O) groups is 1. The molecule has 1 aliphatic carbocycles. The van der Waals surface area contributed by atoms with Gasteiger partial charge in [-0.25, -0.2) is 0 Å². The van der Waals surface area contributed by atoms with E-state index in [4.69, 9.17) is 7.98 Å². The second kappa shape index (κ2) is 5.25. The Hall–Kier alpha value is -1.29. The van der Waals surface area contributed by atoms with Gasteiger partial charge >= 0.3 is 0 Å². The molecule has 20 heavy (non-hydrogen) atoms. The number of amides is 1. The molecule has 0 bridgehead atoms. The SMILES string of the molecule is [B]N1CCC2(CC[C@@H](NC(C)=O)c3ccccc32)CC1. The standard InChI is InChI=1S/C16H21BN2O/c1-12(20)18-15-6-7-16(8-10-19(17)11-9-16)14-5-3-2-4-13(14)15/h2-5,15H,6-11H2,1H3,(H,18,20)/t15-/m1/s1. The molecular weight excluding hydrogens is 247 g/mol. The van der Waals surface area contributed by atoms with Crippen molar-refractivity contribution in [3.05, 3.63) is 35.4 Å². The molecular formula is C16H21BN2O. The summed E-state index contributed by atoms with van der Waals surface area (Å²) in [7, 11) is 5.91. The van der Waals surface area contributed by atoms with Gasteiger partial charge in [0.15, 0.2) is 7.98 Å². The lowest BCUT2D eigenvalue weighted by atomic mass is 9.63. The van der Waals surface area contributed by atoms with Crippen LogP contribution in [0, 0.1) is 0 Å². The molecule has 1 aromatic carbocycles. The Morgan fingerprint density at radius 3 is 2.70 bits per heavy atom. The van der Waals surface area contributed by atoms with E-state index in [1.54, 1.807) is 6.92 Å². The summed E-state index contributed by atoms with van der Waals surface area (Å²) in [6, 6.07) is 8.78. The lowest BCUT2D eigenvalue weighted by Crippen LogP contribution is -2.45. The maximum Gasteiger partial charge on any atom is 0.217 e. The Kier molecular flexibility index (Phi) is 3.59. The van der Waals surface area contributed by atoms with Crippen LogP contribution in [0.15, 0.2) is 24.3 Å². The summed E-state index contributed by atoms with van der Waals surface area (Å²) in [5, 5.41) is 3.09. The number of piperidine rings is 1. The summed E-state index contributed by atoms with van der Waals surface area (Å²) in [6.45, 7) is 3.51. The molecule has 1 saturated heterocycles. The number of benzene rings is 1. The molecule has 104 valence electrons. The second-order valence-corrected chi connectivity index (χ2v) is 6.20. The topological polar surface area (TPSA) is 32.3 Å². The minimum atomic E-state index is 0.0533. The van der Waals surface area contributed by atoms with Gasteiger partial charge in [0.1, 0.15) is 0 Å². The molecule has 3 rings (SSSR count). The third-order valence-electron chi connectivity index (χ3n) is 4.95. The van der Waals surface area contributed by atoms with Crippen LogP contribution in [0.2, 0.25) is 0 Å². The van der Waals surface area contributed by atoms with Gasteiger partial charge < -0.3 is 10.1 Å². The van der Waals surface area contributed by atoms with Crippen LogP contribution in [0.4, 0.5) is 0 Å². The highest BCUT2D eigenvalue weighted by molar-refractivity contribution is 6.04. The van der Waals surface area contributed by atoms with Gasteiger partial charge in [-0.1, -0.05) is 24.3 Å². The predicted molar refractivity (Wildman–Crippen MR) is 80.5 cm³/mol. The van der Waals surface area contributed by atoms with Crippen LogP contribution in [-0.4, -0.2) is 31.8 Å². The zero-order chi connectivity index (χ0) is 14.2. The predicted octanol–water partition coefficient (Wildman–Crippen LogP) is 2.07. The number of hydrogen-bond donors (Lipinski definition) is 1. The summed E-state index contributed by atoms with van der Waals surface area (Å²) < 4.78 is 0. The summed E-state index contributed by atoms with van der Waals surface area (Å²) in [4.78, 5) is 13.3. The molecule has 1 fully saturated rings. The second-order valence-electron chi connectivity index (χ2n) is 6.20. The molecule has 1 spiro atoms. The van der Waals surface area contributed by atoms with Crippen LogP contribution >= 0.6 is 0 Å². The van der Waals surface area contributed by atoms with Crippen LogP contribution in [0.25, 0.3) is 0 Å². The number of nitrogens with one attached hydrogen (secondary N) is 1. The van der Waals surface area contributed by atoms with Gasteiger partial charge in [-0.05, 0) is 55.3 Å². The summed E-state index contributed by atoms with van der Waals surface area (Å²) >= 11 is 0. The summed E-state index contributed by atoms with van der Waals surface area (Å²) in [5.41, 5.74) is 3.00. The van der Waals surface area contributed by atoms with E-state index in [2.05, 4.69) is 29.6 Å². The molecule has 0 aromatic heterocycles. The van der Waals surface area contributed by atoms with E-state index in [1.807, 2.05) is 4.81 Å². The first kappa shape index (κ1) is 13.7. The van der Waals surface area contributed by atoms with Gasteiger partial charge in [-0.15, -0.1) is 0 Å². The fraction of sp³-hybridized carbons (Fsp3) is 0.562. The van der Waals surface area contributed by atoms with E-state index < -0.39 is 0 Å². The molecule has 1 amide bonds. The molecule has 1 heterocycles. The van der Waals surface area contributed by atoms with Crippen LogP contribution in [-0.2, 0) is 10.2 Å². The third kappa shape index (κ3) is 2.37. The van der Waals surface area contributed by atoms with Gasteiger partial charge in [0, 0.05) is 6.92 Å². The maximum atomic E-state index is 11.4. The number of hydrogen-bond acceptors (Lipinski definition) is 2. The van der Waals surface area contributed by atoms with Crippen molar-refractivity contribution >= 4 is 13.9 Å². The van der Waals surface area contributed by atoms with E-state index in [0.29, 0.717) is 0 Å². The Bertz CT molecular complexity index is 509. The summed E-state index contributed by atoms with van der Waals surface area (Å²) in [6.07, 6.45) is 4.41. The molecule has 2 aliphatic rings. The molecule has 1 aliphatic heterocycles. The van der Waals surface area contributed by atoms with Gasteiger partial charge in [-0.2, -0.15) is 0 Å². The number of fused-ring (bicyclic) bond motifs is 2. The highest BCUT2D eigenvalue weighted by Gasteiger charge is 2.41. The van der Waals surface area contributed by atoms with Crippen molar-refractivity contribution in [1.82, 2.24) is 10.1 Å². The Balaban J connectivity index is 1.94. The van der Waals surface area contributed by atoms with Gasteiger partial charge in [-0.3, -0.25) is 4.79 Å². The van der Waals surface area contributed by atoms with Crippen molar-refractivity contribution in [3.63, 3.8) is 0 Å². The first-order valence-corrected chi connectivity index (χ1v) is 7.47. The van der Waals surface area contributed by atoms with Crippen molar-refractivity contribution in [3.8, 4) is 0 Å². The average Bonchev–Trinajstić information content (AvgIpc) is 2.45. The summed E-state index contributed by atoms with van der Waals surface area (Å²) in [5.74, 6) is 0.0533. The molecule has 3 nitrogen and oxygen atoms in total. The zero-order valence-electron chi connectivity index (χ0n) is 12.1. The molecule has 4 heteroatoms. The first-order valence-electron chi connectivity index (χ1n) is 7.47. The van der Waals surface area contributed by atoms with E-state index in [0.717, 1.165) is 38.8 Å². The van der Waals surface area contributed by atoms with E-state index in [-0.39, 0.29) is 17.4 Å². The normalized spacial score (nSPS) is 25.1. The van der Waals surface area contributed by atoms with Crippen LogP contribution in [0.1, 0.15) is 49.8 Å². The smallest absolute Gasteiger partial charge is 0.217 e. The monoisotopic (exact) mass is 268 g/mol. The number of rotatable bonds is 1. The molecule has 1 atom stereocenters. The van der Waals surface area contributed by atoms with Crippen LogP contribution < -0.4 is 5.32 Å². The Morgan fingerprint density at radius 2 is 2.00 bits per heavy atom. The molecule has 1 aromatic rings. The van der Waals surface area contributed by atoms with Gasteiger partial charge in [0.05, 0.1) is 6.04 Å². The highest BCUT2D eigenvalue weighted by atomic mass is 16.1. The fourth-order valence-corrected chi connectivity index (χ4v) is 3.86. The number of nitrogens with zero attached hydrogens (tertiary/aromatic N) is 1. The van der Waals surface area contributed by atoms with Crippen molar-refractivity contribution < 1.29 is 4.79 Å². The van der Waals surface area contributed by atoms with E-state index in [9.17, 15) is 4.79 Å². The van der Waals surface area contributed by atoms with Crippen LogP contribution in [0.5, 0.6) is 0 Å². The minimum Gasteiger partial charge on any atom is -0.353 e. The van der Waals surface area contributed by atoms with Crippen LogP contribution in [0.3, 0.4) is 0 Å². The quantitative estimate of drug-likeness (QED) is 0.791. The Labute approximate surface area is 122 Å². The maximum absolute atomic E-state index is 11.4. The van der Waals surface area contributed by atoms with E-state index in [1.165, 1.54) is 11.1 Å². The molecule has 0 saturated carbocycles. The van der Waals surface area contributed by atoms with Crippen molar-refractivity contribution in [2.45, 2.75) is 44.1 Å². The van der Waals surface area contributed by atoms with Crippen molar-refractivity contribution in [2.24, 2.45) is 0 Å². The molecule has 1 N–H and O–H groups in total. The number of carbonyl (C=O) groups excluding carboxylic acids is 1. The molecule has 0 unspecified atom stereocenters. The first-order chi connectivity index (χ1) is 9.61. The van der Waals surface area contributed by atoms with Gasteiger partial charge in [0.25, 0.3) is 0 Å². The van der Waals surface area contributed by atoms with E-state index >= 15 is 0 Å². The van der Waals surface area contributed by atoms with Gasteiger partial charge in [0.2, 0.25) is 5.91 Å². The average molecular weight is 268 g/mol. The Morgan fingerprint density at radius 1 is 1.30 bits per heavy atom. The lowest BCUT2D eigenvalue weighted by Gasteiger charge is -2.47. The minimum absolute atomic E-state index is 0.0533. The van der Waals surface area contributed by atoms with Crippen molar-refractivity contribution in [2.75, 3.05) is 13.1 Å². The van der Waals surface area contributed by atoms with Crippen molar-refractivity contribution in [1.29, 1.82) is 0 Å². The zero-order valence-corrected chi connectivity index (χ0v) is 12.1. The fourth-order valence-electron chi connectivity index (χ4n) is 3.86.